The first-order valence-electron chi connectivity index (χ1n) is 12.5. The second-order valence-corrected chi connectivity index (χ2v) is 11.0. The van der Waals surface area contributed by atoms with Gasteiger partial charge in [-0.15, -0.1) is 0 Å². The molecule has 4 fully saturated rings. The molecule has 0 amide bonds. The average Bonchev–Trinajstić information content (AvgIpc) is 2.72. The van der Waals surface area contributed by atoms with Crippen molar-refractivity contribution in [1.82, 2.24) is 0 Å². The average molecular weight is 417 g/mol. The highest BCUT2D eigenvalue weighted by Gasteiger charge is 2.49. The third-order valence-corrected chi connectivity index (χ3v) is 9.38. The fourth-order valence-corrected chi connectivity index (χ4v) is 7.75. The van der Waals surface area contributed by atoms with Gasteiger partial charge >= 0.3 is 0 Å². The second kappa shape index (κ2) is 9.47. The van der Waals surface area contributed by atoms with Crippen molar-refractivity contribution in [1.29, 1.82) is 0 Å². The first-order valence-corrected chi connectivity index (χ1v) is 12.5. The van der Waals surface area contributed by atoms with Crippen LogP contribution in [0.25, 0.3) is 0 Å². The Morgan fingerprint density at radius 2 is 1.10 bits per heavy atom. The zero-order valence-corrected chi connectivity index (χ0v) is 18.1. The lowest BCUT2D eigenvalue weighted by molar-refractivity contribution is -0.0579. The quantitative estimate of drug-likeness (QED) is 0.410. The summed E-state index contributed by atoms with van der Waals surface area (Å²) in [6.07, 6.45) is 6.65. The number of rotatable bonds is 4. The van der Waals surface area contributed by atoms with Crippen molar-refractivity contribution >= 4 is 0 Å². The standard InChI is InChI=1S/C25H40F4/c1-2-3-15-4-6-16(7-5-15)17-8-10-20-18(12-17)9-11-21(24(20)28)19-13-22(26)25(29)23(27)14-19/h15-25H,2-14H2,1H3. The van der Waals surface area contributed by atoms with Crippen LogP contribution in [0.4, 0.5) is 17.6 Å². The molecule has 0 N–H and O–H groups in total. The summed E-state index contributed by atoms with van der Waals surface area (Å²) < 4.78 is 56.8. The van der Waals surface area contributed by atoms with Gasteiger partial charge in [0.1, 0.15) is 18.5 Å². The molecule has 0 aromatic heterocycles. The molecule has 0 aromatic rings. The van der Waals surface area contributed by atoms with Crippen molar-refractivity contribution in [3.8, 4) is 0 Å². The topological polar surface area (TPSA) is 0 Å². The normalized spacial score (nSPS) is 51.4. The molecule has 4 aliphatic carbocycles. The van der Waals surface area contributed by atoms with Gasteiger partial charge in [-0.3, -0.25) is 0 Å². The Hall–Kier alpha value is -0.280. The maximum absolute atomic E-state index is 15.5. The third-order valence-electron chi connectivity index (χ3n) is 9.38. The Bertz CT molecular complexity index is 505. The molecule has 29 heavy (non-hydrogen) atoms. The largest absolute Gasteiger partial charge is 0.247 e. The molecule has 7 atom stereocenters. The highest BCUT2D eigenvalue weighted by Crippen LogP contribution is 2.53. The van der Waals surface area contributed by atoms with Gasteiger partial charge in [0, 0.05) is 0 Å². The molecule has 4 rings (SSSR count). The summed E-state index contributed by atoms with van der Waals surface area (Å²) in [6.45, 7) is 2.28. The molecule has 0 heterocycles. The van der Waals surface area contributed by atoms with E-state index in [-0.39, 0.29) is 30.6 Å². The monoisotopic (exact) mass is 416 g/mol. The molecule has 0 radical (unpaired) electrons. The molecule has 0 saturated heterocycles. The molecular weight excluding hydrogens is 376 g/mol. The van der Waals surface area contributed by atoms with Gasteiger partial charge in [-0.25, -0.2) is 17.6 Å². The summed E-state index contributed by atoms with van der Waals surface area (Å²) >= 11 is 0. The van der Waals surface area contributed by atoms with Gasteiger partial charge < -0.3 is 0 Å². The number of fused-ring (bicyclic) bond motifs is 1. The summed E-state index contributed by atoms with van der Waals surface area (Å²) in [4.78, 5) is 0. The predicted octanol–water partition coefficient (Wildman–Crippen LogP) is 7.80. The maximum Gasteiger partial charge on any atom is 0.162 e. The van der Waals surface area contributed by atoms with Crippen LogP contribution in [0.1, 0.15) is 90.4 Å². The van der Waals surface area contributed by atoms with Crippen LogP contribution < -0.4 is 0 Å². The van der Waals surface area contributed by atoms with Crippen LogP contribution in [0.15, 0.2) is 0 Å². The molecule has 4 heteroatoms. The van der Waals surface area contributed by atoms with E-state index < -0.39 is 24.7 Å². The van der Waals surface area contributed by atoms with Crippen LogP contribution >= 0.6 is 0 Å². The fraction of sp³-hybridized carbons (Fsp3) is 1.00. The van der Waals surface area contributed by atoms with Gasteiger partial charge in [0.2, 0.25) is 0 Å². The van der Waals surface area contributed by atoms with Crippen LogP contribution in [0, 0.1) is 41.4 Å². The number of hydrogen-bond acceptors (Lipinski definition) is 0. The highest BCUT2D eigenvalue weighted by molar-refractivity contribution is 4.98. The van der Waals surface area contributed by atoms with Crippen LogP contribution in [0.3, 0.4) is 0 Å². The van der Waals surface area contributed by atoms with Crippen LogP contribution in [-0.4, -0.2) is 24.7 Å². The van der Waals surface area contributed by atoms with E-state index in [1.807, 2.05) is 0 Å². The van der Waals surface area contributed by atoms with Crippen molar-refractivity contribution in [3.63, 3.8) is 0 Å². The second-order valence-electron chi connectivity index (χ2n) is 11.0. The Morgan fingerprint density at radius 1 is 0.552 bits per heavy atom. The minimum absolute atomic E-state index is 0.00762. The molecule has 0 spiro atoms. The molecule has 0 aliphatic heterocycles. The van der Waals surface area contributed by atoms with Gasteiger partial charge in [0.15, 0.2) is 6.17 Å². The Labute approximate surface area is 174 Å². The van der Waals surface area contributed by atoms with Gasteiger partial charge in [-0.2, -0.15) is 0 Å². The summed E-state index contributed by atoms with van der Waals surface area (Å²) in [5.41, 5.74) is 0. The first-order chi connectivity index (χ1) is 14.0. The van der Waals surface area contributed by atoms with E-state index in [0.29, 0.717) is 5.92 Å². The van der Waals surface area contributed by atoms with E-state index in [0.717, 1.165) is 49.9 Å². The van der Waals surface area contributed by atoms with E-state index in [9.17, 15) is 13.2 Å². The van der Waals surface area contributed by atoms with Gasteiger partial charge in [0.25, 0.3) is 0 Å². The molecule has 168 valence electrons. The van der Waals surface area contributed by atoms with E-state index in [1.165, 1.54) is 38.5 Å². The van der Waals surface area contributed by atoms with Gasteiger partial charge in [-0.1, -0.05) is 32.6 Å². The Morgan fingerprint density at radius 3 is 1.72 bits per heavy atom. The van der Waals surface area contributed by atoms with Crippen LogP contribution in [-0.2, 0) is 0 Å². The van der Waals surface area contributed by atoms with Gasteiger partial charge in [-0.05, 0) is 99.2 Å². The lowest BCUT2D eigenvalue weighted by atomic mass is 9.58. The number of halogens is 4. The molecule has 0 nitrogen and oxygen atoms in total. The first kappa shape index (κ1) is 21.9. The number of hydrogen-bond donors (Lipinski definition) is 0. The van der Waals surface area contributed by atoms with Crippen molar-refractivity contribution in [2.24, 2.45) is 41.4 Å². The smallest absolute Gasteiger partial charge is 0.162 e. The van der Waals surface area contributed by atoms with Crippen molar-refractivity contribution in [2.45, 2.75) is 115 Å². The Kier molecular flexibility index (Phi) is 7.16. The summed E-state index contributed by atoms with van der Waals surface area (Å²) in [5.74, 6) is 2.45. The van der Waals surface area contributed by atoms with E-state index >= 15 is 4.39 Å². The molecule has 0 bridgehead atoms. The van der Waals surface area contributed by atoms with Gasteiger partial charge in [0.05, 0.1) is 0 Å². The van der Waals surface area contributed by atoms with E-state index in [1.54, 1.807) is 0 Å². The fourth-order valence-electron chi connectivity index (χ4n) is 7.75. The highest BCUT2D eigenvalue weighted by atomic mass is 19.2. The van der Waals surface area contributed by atoms with E-state index in [2.05, 4.69) is 6.92 Å². The van der Waals surface area contributed by atoms with Crippen LogP contribution in [0.2, 0.25) is 0 Å². The maximum atomic E-state index is 15.5. The predicted molar refractivity (Wildman–Crippen MR) is 110 cm³/mol. The minimum atomic E-state index is -2.01. The zero-order valence-electron chi connectivity index (χ0n) is 18.1. The SMILES string of the molecule is CCCC1CCC(C2CCC3C(CCC(C4CC(F)C(F)C(F)C4)C3F)C2)CC1. The van der Waals surface area contributed by atoms with Crippen molar-refractivity contribution < 1.29 is 17.6 Å². The van der Waals surface area contributed by atoms with Crippen molar-refractivity contribution in [3.05, 3.63) is 0 Å². The minimum Gasteiger partial charge on any atom is -0.247 e. The summed E-state index contributed by atoms with van der Waals surface area (Å²) in [7, 11) is 0. The van der Waals surface area contributed by atoms with Crippen LogP contribution in [0.5, 0.6) is 0 Å². The molecule has 4 aliphatic rings. The lowest BCUT2D eigenvalue weighted by Crippen LogP contribution is -2.47. The van der Waals surface area contributed by atoms with E-state index in [4.69, 9.17) is 0 Å². The third kappa shape index (κ3) is 4.66. The Balaban J connectivity index is 1.31. The van der Waals surface area contributed by atoms with Crippen molar-refractivity contribution in [2.75, 3.05) is 0 Å². The molecule has 4 saturated carbocycles. The molecular formula is C25H40F4. The lowest BCUT2D eigenvalue weighted by Gasteiger charge is -2.49. The summed E-state index contributed by atoms with van der Waals surface area (Å²) in [6, 6.07) is 0. The number of alkyl halides is 4. The molecule has 7 unspecified atom stereocenters. The zero-order chi connectivity index (χ0) is 20.5. The molecule has 0 aromatic carbocycles. The summed E-state index contributed by atoms with van der Waals surface area (Å²) in [5, 5.41) is 0.